The fourth-order valence-electron chi connectivity index (χ4n) is 3.02. The van der Waals surface area contributed by atoms with Gasteiger partial charge in [-0.15, -0.1) is 0 Å². The van der Waals surface area contributed by atoms with Crippen LogP contribution >= 0.6 is 0 Å². The number of alkyl halides is 3. The smallest absolute Gasteiger partial charge is 0.345 e. The SMILES string of the molecule is O=C(N[C@H]1CN2CCC1CC2)c1ncc(C(F)(F)F)c(F)n1. The predicted molar refractivity (Wildman–Crippen MR) is 67.4 cm³/mol. The summed E-state index contributed by atoms with van der Waals surface area (Å²) in [6.07, 6.45) is -2.65. The molecule has 9 heteroatoms. The molecule has 5 nitrogen and oxygen atoms in total. The van der Waals surface area contributed by atoms with Crippen LogP contribution in [0.1, 0.15) is 29.0 Å². The van der Waals surface area contributed by atoms with Crippen LogP contribution in [0.3, 0.4) is 0 Å². The van der Waals surface area contributed by atoms with E-state index in [0.29, 0.717) is 18.7 Å². The van der Waals surface area contributed by atoms with Crippen molar-refractivity contribution in [1.29, 1.82) is 0 Å². The van der Waals surface area contributed by atoms with Gasteiger partial charge in [0, 0.05) is 18.8 Å². The molecule has 1 amide bonds. The van der Waals surface area contributed by atoms with Crippen molar-refractivity contribution in [1.82, 2.24) is 20.2 Å². The number of hydrogen-bond donors (Lipinski definition) is 1. The molecule has 4 rings (SSSR count). The Bertz CT molecular complexity index is 584. The Morgan fingerprint density at radius 2 is 2.00 bits per heavy atom. The number of aromatic nitrogens is 2. The van der Waals surface area contributed by atoms with E-state index in [4.69, 9.17) is 0 Å². The van der Waals surface area contributed by atoms with Gasteiger partial charge in [-0.3, -0.25) is 4.79 Å². The minimum Gasteiger partial charge on any atom is -0.345 e. The summed E-state index contributed by atoms with van der Waals surface area (Å²) in [5, 5.41) is 2.70. The van der Waals surface area contributed by atoms with Gasteiger partial charge in [-0.2, -0.15) is 22.5 Å². The molecule has 1 atom stereocenters. The Morgan fingerprint density at radius 1 is 1.32 bits per heavy atom. The lowest BCUT2D eigenvalue weighted by Gasteiger charge is -2.44. The monoisotopic (exact) mass is 318 g/mol. The molecule has 22 heavy (non-hydrogen) atoms. The van der Waals surface area contributed by atoms with E-state index in [1.807, 2.05) is 0 Å². The Hall–Kier alpha value is -1.77. The van der Waals surface area contributed by atoms with Crippen LogP contribution in [0, 0.1) is 11.9 Å². The van der Waals surface area contributed by atoms with Gasteiger partial charge in [0.1, 0.15) is 5.56 Å². The number of amides is 1. The number of piperidine rings is 3. The quantitative estimate of drug-likeness (QED) is 0.662. The van der Waals surface area contributed by atoms with E-state index in [9.17, 15) is 22.4 Å². The first kappa shape index (κ1) is 15.1. The fraction of sp³-hybridized carbons (Fsp3) is 0.615. The first-order chi connectivity index (χ1) is 10.3. The molecule has 3 fully saturated rings. The number of hydrogen-bond acceptors (Lipinski definition) is 4. The minimum atomic E-state index is -4.88. The molecule has 0 aromatic carbocycles. The standard InChI is InChI=1S/C13H14F4N4O/c14-10-8(13(15,16)17)5-18-11(20-10)12(22)19-9-6-21-3-1-7(9)2-4-21/h5,7,9H,1-4,6H2,(H,19,22)/t9-/m0/s1. The second-order valence-corrected chi connectivity index (χ2v) is 5.61. The molecule has 2 bridgehead atoms. The molecule has 0 unspecified atom stereocenters. The van der Waals surface area contributed by atoms with E-state index < -0.39 is 29.4 Å². The van der Waals surface area contributed by atoms with Gasteiger partial charge in [0.2, 0.25) is 11.8 Å². The van der Waals surface area contributed by atoms with E-state index in [-0.39, 0.29) is 6.04 Å². The maximum Gasteiger partial charge on any atom is 0.422 e. The molecule has 1 aromatic heterocycles. The van der Waals surface area contributed by atoms with Gasteiger partial charge in [-0.1, -0.05) is 0 Å². The summed E-state index contributed by atoms with van der Waals surface area (Å²) in [6.45, 7) is 2.67. The molecule has 3 saturated heterocycles. The van der Waals surface area contributed by atoms with Crippen molar-refractivity contribution in [3.63, 3.8) is 0 Å². The first-order valence-corrected chi connectivity index (χ1v) is 6.97. The number of nitrogens with one attached hydrogen (secondary N) is 1. The molecule has 120 valence electrons. The molecule has 1 aromatic rings. The Kier molecular flexibility index (Phi) is 3.75. The number of fused-ring (bicyclic) bond motifs is 3. The van der Waals surface area contributed by atoms with E-state index in [1.54, 1.807) is 0 Å². The molecule has 3 aliphatic heterocycles. The number of halogens is 4. The zero-order chi connectivity index (χ0) is 15.9. The van der Waals surface area contributed by atoms with Crippen LogP contribution in [0.5, 0.6) is 0 Å². The summed E-state index contributed by atoms with van der Waals surface area (Å²) in [7, 11) is 0. The third kappa shape index (κ3) is 2.90. The number of carbonyl (C=O) groups is 1. The highest BCUT2D eigenvalue weighted by Gasteiger charge is 2.37. The largest absolute Gasteiger partial charge is 0.422 e. The molecular formula is C13H14F4N4O. The fourth-order valence-corrected chi connectivity index (χ4v) is 3.02. The maximum atomic E-state index is 13.4. The first-order valence-electron chi connectivity index (χ1n) is 6.97. The number of carbonyl (C=O) groups excluding carboxylic acids is 1. The molecule has 0 spiro atoms. The van der Waals surface area contributed by atoms with Gasteiger partial charge in [0.15, 0.2) is 0 Å². The second kappa shape index (κ2) is 5.45. The van der Waals surface area contributed by atoms with Crippen LogP contribution in [0.15, 0.2) is 6.20 Å². The van der Waals surface area contributed by atoms with E-state index in [2.05, 4.69) is 20.2 Å². The summed E-state index contributed by atoms with van der Waals surface area (Å²) < 4.78 is 50.7. The van der Waals surface area contributed by atoms with Crippen molar-refractivity contribution in [3.8, 4) is 0 Å². The van der Waals surface area contributed by atoms with Crippen LogP contribution in [0.4, 0.5) is 17.6 Å². The van der Waals surface area contributed by atoms with Crippen molar-refractivity contribution in [2.24, 2.45) is 5.92 Å². The average molecular weight is 318 g/mol. The summed E-state index contributed by atoms with van der Waals surface area (Å²) in [5.41, 5.74) is -1.58. The predicted octanol–water partition coefficient (Wildman–Crippen LogP) is 1.46. The highest BCUT2D eigenvalue weighted by molar-refractivity contribution is 5.90. The molecule has 0 saturated carbocycles. The van der Waals surface area contributed by atoms with Crippen molar-refractivity contribution in [3.05, 3.63) is 23.5 Å². The topological polar surface area (TPSA) is 58.1 Å². The highest BCUT2D eigenvalue weighted by Crippen LogP contribution is 2.30. The van der Waals surface area contributed by atoms with Crippen molar-refractivity contribution in [2.75, 3.05) is 19.6 Å². The van der Waals surface area contributed by atoms with Crippen molar-refractivity contribution in [2.45, 2.75) is 25.1 Å². The van der Waals surface area contributed by atoms with E-state index >= 15 is 0 Å². The van der Waals surface area contributed by atoms with Gasteiger partial charge in [0.05, 0.1) is 0 Å². The van der Waals surface area contributed by atoms with Crippen LogP contribution in [0.2, 0.25) is 0 Å². The minimum absolute atomic E-state index is 0.0936. The lowest BCUT2D eigenvalue weighted by atomic mass is 9.84. The van der Waals surface area contributed by atoms with Crippen LogP contribution < -0.4 is 5.32 Å². The number of rotatable bonds is 2. The Labute approximate surface area is 123 Å². The van der Waals surface area contributed by atoms with Gasteiger partial charge in [-0.05, 0) is 31.8 Å². The van der Waals surface area contributed by atoms with E-state index in [1.165, 1.54) is 0 Å². The molecule has 4 heterocycles. The Balaban J connectivity index is 1.71. The molecule has 3 aliphatic rings. The van der Waals surface area contributed by atoms with Crippen LogP contribution in [-0.2, 0) is 6.18 Å². The normalized spacial score (nSPS) is 27.7. The second-order valence-electron chi connectivity index (χ2n) is 5.61. The van der Waals surface area contributed by atoms with Crippen LogP contribution in [-0.4, -0.2) is 46.5 Å². The molecular weight excluding hydrogens is 304 g/mol. The van der Waals surface area contributed by atoms with E-state index in [0.717, 1.165) is 25.9 Å². The lowest BCUT2D eigenvalue weighted by Crippen LogP contribution is -2.57. The highest BCUT2D eigenvalue weighted by atomic mass is 19.4. The summed E-state index contributed by atoms with van der Waals surface area (Å²) in [6, 6.07) is -0.0936. The zero-order valence-electron chi connectivity index (χ0n) is 11.5. The maximum absolute atomic E-state index is 13.4. The van der Waals surface area contributed by atoms with Gasteiger partial charge >= 0.3 is 6.18 Å². The average Bonchev–Trinajstić information content (AvgIpc) is 2.47. The van der Waals surface area contributed by atoms with Gasteiger partial charge < -0.3 is 10.2 Å². The Morgan fingerprint density at radius 3 is 2.50 bits per heavy atom. The van der Waals surface area contributed by atoms with Crippen molar-refractivity contribution >= 4 is 5.91 Å². The third-order valence-corrected chi connectivity index (χ3v) is 4.22. The zero-order valence-corrected chi connectivity index (χ0v) is 11.5. The molecule has 0 aliphatic carbocycles. The summed E-state index contributed by atoms with van der Waals surface area (Å²) in [4.78, 5) is 20.6. The van der Waals surface area contributed by atoms with Gasteiger partial charge in [0.25, 0.3) is 5.91 Å². The summed E-state index contributed by atoms with van der Waals surface area (Å²) in [5.74, 6) is -2.72. The van der Waals surface area contributed by atoms with Crippen molar-refractivity contribution < 1.29 is 22.4 Å². The van der Waals surface area contributed by atoms with Crippen LogP contribution in [0.25, 0.3) is 0 Å². The lowest BCUT2D eigenvalue weighted by molar-refractivity contribution is -0.140. The third-order valence-electron chi connectivity index (χ3n) is 4.22. The summed E-state index contributed by atoms with van der Waals surface area (Å²) >= 11 is 0. The molecule has 1 N–H and O–H groups in total. The molecule has 0 radical (unpaired) electrons. The number of nitrogens with zero attached hydrogens (tertiary/aromatic N) is 3. The van der Waals surface area contributed by atoms with Gasteiger partial charge in [-0.25, -0.2) is 4.98 Å².